The number of aromatic nitrogens is 1. The van der Waals surface area contributed by atoms with Gasteiger partial charge < -0.3 is 4.57 Å². The quantitative estimate of drug-likeness (QED) is 0.702. The Bertz CT molecular complexity index is 688. The van der Waals surface area contributed by atoms with Gasteiger partial charge in [0.05, 0.1) is 15.9 Å². The molecule has 3 nitrogen and oxygen atoms in total. The summed E-state index contributed by atoms with van der Waals surface area (Å²) < 4.78 is 3.34. The number of rotatable bonds is 1. The van der Waals surface area contributed by atoms with Gasteiger partial charge in [0, 0.05) is 7.05 Å². The highest BCUT2D eigenvalue weighted by atomic mass is 32.1. The summed E-state index contributed by atoms with van der Waals surface area (Å²) in [5.41, 5.74) is 2.29. The standard InChI is InChI=1S/C14H15N3S/c1-17-12-9-5-6-10-13(12)18-14(17)16-15-11-7-3-2-4-8-11/h3,5-7,9-10H,2,4,8H2,1H3/b15-11-,16-14+. The van der Waals surface area contributed by atoms with E-state index >= 15 is 0 Å². The third-order valence-electron chi connectivity index (χ3n) is 3.09. The van der Waals surface area contributed by atoms with Crippen LogP contribution in [0.1, 0.15) is 19.3 Å². The summed E-state index contributed by atoms with van der Waals surface area (Å²) in [5, 5.41) is 8.74. The topological polar surface area (TPSA) is 29.6 Å². The van der Waals surface area contributed by atoms with E-state index in [1.54, 1.807) is 11.3 Å². The smallest absolute Gasteiger partial charge is 0.211 e. The van der Waals surface area contributed by atoms with Gasteiger partial charge in [0.25, 0.3) is 0 Å². The average molecular weight is 257 g/mol. The van der Waals surface area contributed by atoms with Crippen LogP contribution in [0.25, 0.3) is 10.2 Å². The van der Waals surface area contributed by atoms with Crippen LogP contribution in [-0.4, -0.2) is 10.3 Å². The van der Waals surface area contributed by atoms with Crippen molar-refractivity contribution < 1.29 is 0 Å². The first-order valence-electron chi connectivity index (χ1n) is 6.16. The molecule has 4 heteroatoms. The van der Waals surface area contributed by atoms with Crippen molar-refractivity contribution in [3.8, 4) is 0 Å². The number of allylic oxidation sites excluding steroid dienone is 2. The molecule has 0 amide bonds. The van der Waals surface area contributed by atoms with Crippen LogP contribution in [0, 0.1) is 0 Å². The van der Waals surface area contributed by atoms with Crippen LogP contribution in [0.2, 0.25) is 0 Å². The molecule has 0 bridgehead atoms. The number of hydrogen-bond donors (Lipinski definition) is 0. The highest BCUT2D eigenvalue weighted by molar-refractivity contribution is 7.16. The highest BCUT2D eigenvalue weighted by Gasteiger charge is 2.02. The Morgan fingerprint density at radius 1 is 1.22 bits per heavy atom. The van der Waals surface area contributed by atoms with Gasteiger partial charge in [0.2, 0.25) is 4.80 Å². The monoisotopic (exact) mass is 257 g/mol. The highest BCUT2D eigenvalue weighted by Crippen LogP contribution is 2.15. The molecule has 1 aliphatic rings. The summed E-state index contributed by atoms with van der Waals surface area (Å²) in [6.45, 7) is 0. The largest absolute Gasteiger partial charge is 0.318 e. The SMILES string of the molecule is Cn1/c(=N\N=C2\C=CCCC2)sc2ccccc21. The maximum absolute atomic E-state index is 4.38. The van der Waals surface area contributed by atoms with E-state index < -0.39 is 0 Å². The van der Waals surface area contributed by atoms with Crippen molar-refractivity contribution in [1.82, 2.24) is 4.57 Å². The zero-order valence-corrected chi connectivity index (χ0v) is 11.2. The van der Waals surface area contributed by atoms with Crippen LogP contribution in [0.15, 0.2) is 46.6 Å². The van der Waals surface area contributed by atoms with Crippen LogP contribution >= 0.6 is 11.3 Å². The first-order chi connectivity index (χ1) is 8.84. The molecule has 0 spiro atoms. The summed E-state index contributed by atoms with van der Waals surface area (Å²) in [6, 6.07) is 8.33. The van der Waals surface area contributed by atoms with E-state index in [-0.39, 0.29) is 0 Å². The molecule has 1 aliphatic carbocycles. The van der Waals surface area contributed by atoms with Gasteiger partial charge in [-0.2, -0.15) is 5.10 Å². The zero-order valence-electron chi connectivity index (χ0n) is 10.3. The molecule has 18 heavy (non-hydrogen) atoms. The van der Waals surface area contributed by atoms with Crippen LogP contribution in [0.3, 0.4) is 0 Å². The fourth-order valence-electron chi connectivity index (χ4n) is 2.07. The lowest BCUT2D eigenvalue weighted by molar-refractivity contribution is 0.860. The molecule has 1 aromatic carbocycles. The Labute approximate surface area is 110 Å². The van der Waals surface area contributed by atoms with Crippen molar-refractivity contribution in [2.45, 2.75) is 19.3 Å². The fourth-order valence-corrected chi connectivity index (χ4v) is 3.04. The lowest BCUT2D eigenvalue weighted by Crippen LogP contribution is -2.09. The summed E-state index contributed by atoms with van der Waals surface area (Å²) in [6.07, 6.45) is 7.64. The Balaban J connectivity index is 2.06. The Morgan fingerprint density at radius 2 is 2.11 bits per heavy atom. The molecular formula is C14H15N3S. The Morgan fingerprint density at radius 3 is 2.89 bits per heavy atom. The number of fused-ring (bicyclic) bond motifs is 1. The minimum atomic E-state index is 0.947. The molecule has 0 saturated carbocycles. The van der Waals surface area contributed by atoms with Crippen molar-refractivity contribution in [3.05, 3.63) is 41.2 Å². The molecule has 1 heterocycles. The summed E-state index contributed by atoms with van der Waals surface area (Å²) in [7, 11) is 2.04. The normalized spacial score (nSPS) is 18.9. The van der Waals surface area contributed by atoms with Gasteiger partial charge in [-0.05, 0) is 37.5 Å². The number of benzene rings is 1. The molecule has 0 atom stereocenters. The van der Waals surface area contributed by atoms with E-state index in [9.17, 15) is 0 Å². The second kappa shape index (κ2) is 4.90. The predicted molar refractivity (Wildman–Crippen MR) is 76.8 cm³/mol. The van der Waals surface area contributed by atoms with Crippen LogP contribution in [0.4, 0.5) is 0 Å². The van der Waals surface area contributed by atoms with Crippen molar-refractivity contribution in [2.24, 2.45) is 17.3 Å². The molecular weight excluding hydrogens is 242 g/mol. The van der Waals surface area contributed by atoms with Crippen molar-refractivity contribution >= 4 is 27.3 Å². The number of thiazole rings is 1. The fraction of sp³-hybridized carbons (Fsp3) is 0.286. The van der Waals surface area contributed by atoms with Gasteiger partial charge in [-0.25, -0.2) is 0 Å². The lowest BCUT2D eigenvalue weighted by atomic mass is 10.1. The number of nitrogens with zero attached hydrogens (tertiary/aromatic N) is 3. The van der Waals surface area contributed by atoms with Gasteiger partial charge >= 0.3 is 0 Å². The third kappa shape index (κ3) is 2.16. The first kappa shape index (κ1) is 11.4. The number of para-hydroxylation sites is 1. The van der Waals surface area contributed by atoms with Crippen LogP contribution < -0.4 is 4.80 Å². The number of hydrogen-bond acceptors (Lipinski definition) is 3. The van der Waals surface area contributed by atoms with Gasteiger partial charge in [0.1, 0.15) is 0 Å². The molecule has 0 aliphatic heterocycles. The van der Waals surface area contributed by atoms with Crippen LogP contribution in [0.5, 0.6) is 0 Å². The number of aryl methyl sites for hydroxylation is 1. The van der Waals surface area contributed by atoms with E-state index in [0.717, 1.165) is 23.4 Å². The maximum atomic E-state index is 4.38. The minimum absolute atomic E-state index is 0.947. The van der Waals surface area contributed by atoms with E-state index in [1.165, 1.54) is 16.6 Å². The molecule has 0 fully saturated rings. The first-order valence-corrected chi connectivity index (χ1v) is 6.98. The van der Waals surface area contributed by atoms with Crippen molar-refractivity contribution in [2.75, 3.05) is 0 Å². The summed E-state index contributed by atoms with van der Waals surface area (Å²) >= 11 is 1.68. The second-order valence-corrected chi connectivity index (χ2v) is 5.41. The molecule has 92 valence electrons. The average Bonchev–Trinajstić information content (AvgIpc) is 2.75. The molecule has 2 aromatic rings. The zero-order chi connectivity index (χ0) is 12.4. The maximum Gasteiger partial charge on any atom is 0.211 e. The molecule has 0 saturated heterocycles. The summed E-state index contributed by atoms with van der Waals surface area (Å²) in [4.78, 5) is 0.947. The summed E-state index contributed by atoms with van der Waals surface area (Å²) in [5.74, 6) is 0. The van der Waals surface area contributed by atoms with E-state index in [0.29, 0.717) is 0 Å². The Hall–Kier alpha value is -1.68. The minimum Gasteiger partial charge on any atom is -0.318 e. The van der Waals surface area contributed by atoms with Gasteiger partial charge in [-0.1, -0.05) is 29.5 Å². The molecule has 0 unspecified atom stereocenters. The third-order valence-corrected chi connectivity index (χ3v) is 4.20. The van der Waals surface area contributed by atoms with Crippen molar-refractivity contribution in [3.63, 3.8) is 0 Å². The van der Waals surface area contributed by atoms with Crippen molar-refractivity contribution in [1.29, 1.82) is 0 Å². The van der Waals surface area contributed by atoms with Gasteiger partial charge in [-0.15, -0.1) is 5.10 Å². The van der Waals surface area contributed by atoms with E-state index in [2.05, 4.69) is 51.2 Å². The van der Waals surface area contributed by atoms with E-state index in [4.69, 9.17) is 0 Å². The Kier molecular flexibility index (Phi) is 3.11. The van der Waals surface area contributed by atoms with Gasteiger partial charge in [-0.3, -0.25) is 0 Å². The van der Waals surface area contributed by atoms with E-state index in [1.807, 2.05) is 7.05 Å². The van der Waals surface area contributed by atoms with Crippen LogP contribution in [-0.2, 0) is 7.05 Å². The molecule has 3 rings (SSSR count). The molecule has 0 N–H and O–H groups in total. The lowest BCUT2D eigenvalue weighted by Gasteiger charge is -2.02. The molecule has 0 radical (unpaired) electrons. The predicted octanol–water partition coefficient (Wildman–Crippen LogP) is 3.24. The van der Waals surface area contributed by atoms with Gasteiger partial charge in [0.15, 0.2) is 0 Å². The second-order valence-electron chi connectivity index (χ2n) is 4.40. The molecule has 1 aromatic heterocycles.